The third-order valence-corrected chi connectivity index (χ3v) is 8.29. The number of hydrogen-bond donors (Lipinski definition) is 0. The van der Waals surface area contributed by atoms with Crippen molar-refractivity contribution in [2.75, 3.05) is 6.61 Å². The maximum absolute atomic E-state index is 11.6. The van der Waals surface area contributed by atoms with Gasteiger partial charge in [0.2, 0.25) is 0 Å². The molecule has 0 heterocycles. The number of esters is 1. The topological polar surface area (TPSA) is 26.3 Å². The first-order valence-corrected chi connectivity index (χ1v) is 15.9. The molecule has 2 nitrogen and oxygen atoms in total. The summed E-state index contributed by atoms with van der Waals surface area (Å²) in [7, 11) is 0. The van der Waals surface area contributed by atoms with Gasteiger partial charge in [-0.15, -0.1) is 0 Å². The third kappa shape index (κ3) is 4.54. The molecule has 0 aromatic heterocycles. The summed E-state index contributed by atoms with van der Waals surface area (Å²) in [6.45, 7) is 2.26. The average Bonchev–Trinajstić information content (AvgIpc) is 2.26. The SMILES string of the molecule is CCOC(=O)/C=[C](/c1ccccc1)[Sn]([CH3])([CH3])[CH3]. The molecule has 1 aromatic rings. The van der Waals surface area contributed by atoms with E-state index >= 15 is 0 Å². The van der Waals surface area contributed by atoms with Crippen LogP contribution in [0.1, 0.15) is 12.5 Å². The predicted octanol–water partition coefficient (Wildman–Crippen LogP) is 3.51. The van der Waals surface area contributed by atoms with Crippen LogP contribution in [-0.2, 0) is 9.53 Å². The minimum atomic E-state index is -2.31. The van der Waals surface area contributed by atoms with E-state index in [1.165, 1.54) is 3.59 Å². The molecule has 17 heavy (non-hydrogen) atoms. The fraction of sp³-hybridized carbons (Fsp3) is 0.357. The fourth-order valence-corrected chi connectivity index (χ4v) is 6.17. The minimum absolute atomic E-state index is 0.224. The van der Waals surface area contributed by atoms with E-state index in [1.54, 1.807) is 6.08 Å². The third-order valence-electron chi connectivity index (χ3n) is 2.44. The normalized spacial score (nSPS) is 12.4. The monoisotopic (exact) mass is 340 g/mol. The van der Waals surface area contributed by atoms with Crippen molar-refractivity contribution in [2.45, 2.75) is 21.7 Å². The second kappa shape index (κ2) is 6.24. The number of carbonyl (C=O) groups is 1. The quantitative estimate of drug-likeness (QED) is 0.477. The molecule has 0 fully saturated rings. The van der Waals surface area contributed by atoms with Crippen LogP contribution >= 0.6 is 0 Å². The van der Waals surface area contributed by atoms with Crippen molar-refractivity contribution in [1.82, 2.24) is 0 Å². The summed E-state index contributed by atoms with van der Waals surface area (Å²) in [5.41, 5.74) is 1.16. The molecule has 0 unspecified atom stereocenters. The predicted molar refractivity (Wildman–Crippen MR) is 74.4 cm³/mol. The molecule has 0 aliphatic rings. The van der Waals surface area contributed by atoms with Crippen molar-refractivity contribution in [3.8, 4) is 0 Å². The van der Waals surface area contributed by atoms with Gasteiger partial charge in [0.25, 0.3) is 0 Å². The van der Waals surface area contributed by atoms with E-state index < -0.39 is 18.4 Å². The van der Waals surface area contributed by atoms with Crippen LogP contribution in [0.4, 0.5) is 0 Å². The molecular weight excluding hydrogens is 319 g/mol. The van der Waals surface area contributed by atoms with Crippen molar-refractivity contribution in [3.05, 3.63) is 42.0 Å². The first-order valence-electron chi connectivity index (χ1n) is 5.89. The van der Waals surface area contributed by atoms with E-state index in [0.717, 1.165) is 5.56 Å². The molecule has 92 valence electrons. The van der Waals surface area contributed by atoms with Crippen molar-refractivity contribution in [2.24, 2.45) is 0 Å². The van der Waals surface area contributed by atoms with Crippen LogP contribution in [-0.4, -0.2) is 31.0 Å². The molecule has 0 saturated heterocycles. The van der Waals surface area contributed by atoms with Crippen LogP contribution < -0.4 is 0 Å². The van der Waals surface area contributed by atoms with Gasteiger partial charge in [0, 0.05) is 0 Å². The molecule has 1 aromatic carbocycles. The van der Waals surface area contributed by atoms with E-state index in [-0.39, 0.29) is 5.97 Å². The zero-order valence-electron chi connectivity index (χ0n) is 11.0. The molecule has 0 aliphatic carbocycles. The Labute approximate surface area is 108 Å². The summed E-state index contributed by atoms with van der Waals surface area (Å²) in [5, 5.41) is 0. The molecule has 0 aliphatic heterocycles. The maximum atomic E-state index is 11.6. The van der Waals surface area contributed by atoms with Crippen LogP contribution in [0.15, 0.2) is 36.4 Å². The number of benzene rings is 1. The van der Waals surface area contributed by atoms with Gasteiger partial charge in [-0.1, -0.05) is 0 Å². The molecule has 0 atom stereocenters. The van der Waals surface area contributed by atoms with Gasteiger partial charge in [-0.05, 0) is 0 Å². The first-order chi connectivity index (χ1) is 7.95. The molecule has 0 bridgehead atoms. The Morgan fingerprint density at radius 2 is 1.82 bits per heavy atom. The number of ether oxygens (including phenoxy) is 1. The fourth-order valence-electron chi connectivity index (χ4n) is 1.65. The van der Waals surface area contributed by atoms with E-state index in [9.17, 15) is 4.79 Å². The molecule has 0 N–H and O–H groups in total. The summed E-state index contributed by atoms with van der Waals surface area (Å²) in [6.07, 6.45) is 1.69. The van der Waals surface area contributed by atoms with Gasteiger partial charge in [-0.3, -0.25) is 0 Å². The van der Waals surface area contributed by atoms with Gasteiger partial charge >= 0.3 is 108 Å². The molecule has 0 saturated carbocycles. The van der Waals surface area contributed by atoms with E-state index in [1.807, 2.05) is 25.1 Å². The Morgan fingerprint density at radius 1 is 1.24 bits per heavy atom. The van der Waals surface area contributed by atoms with Gasteiger partial charge in [-0.2, -0.15) is 0 Å². The number of carbonyl (C=O) groups excluding carboxylic acids is 1. The second-order valence-corrected chi connectivity index (χ2v) is 19.3. The standard InChI is InChI=1S/C11H11O2.3CH3.Sn/c1-2-13-11(12)9-8-10-6-4-3-5-7-10;;;;/h3-7,9H,2H2,1H3;3*1H3;. The van der Waals surface area contributed by atoms with Crippen molar-refractivity contribution in [1.29, 1.82) is 0 Å². The zero-order chi connectivity index (χ0) is 12.9. The Bertz CT molecular complexity index is 402. The second-order valence-electron chi connectivity index (χ2n) is 4.93. The summed E-state index contributed by atoms with van der Waals surface area (Å²) in [4.78, 5) is 18.5. The molecule has 0 spiro atoms. The van der Waals surface area contributed by atoms with Gasteiger partial charge in [0.15, 0.2) is 0 Å². The zero-order valence-corrected chi connectivity index (χ0v) is 13.8. The molecular formula is C14H20O2Sn. The van der Waals surface area contributed by atoms with Crippen LogP contribution in [0.3, 0.4) is 0 Å². The van der Waals surface area contributed by atoms with Gasteiger partial charge in [0.05, 0.1) is 0 Å². The van der Waals surface area contributed by atoms with Crippen LogP contribution in [0.25, 0.3) is 3.59 Å². The van der Waals surface area contributed by atoms with Gasteiger partial charge in [-0.25, -0.2) is 0 Å². The molecule has 0 radical (unpaired) electrons. The summed E-state index contributed by atoms with van der Waals surface area (Å²) < 4.78 is 6.21. The Hall–Kier alpha value is -0.771. The summed E-state index contributed by atoms with van der Waals surface area (Å²) in [5.74, 6) is -0.224. The summed E-state index contributed by atoms with van der Waals surface area (Å²) in [6, 6.07) is 10.1. The van der Waals surface area contributed by atoms with E-state index in [0.29, 0.717) is 6.61 Å². The summed E-state index contributed by atoms with van der Waals surface area (Å²) >= 11 is -2.31. The van der Waals surface area contributed by atoms with Crippen LogP contribution in [0.2, 0.25) is 14.8 Å². The Balaban J connectivity index is 3.10. The average molecular weight is 339 g/mol. The van der Waals surface area contributed by atoms with Crippen LogP contribution in [0.5, 0.6) is 0 Å². The van der Waals surface area contributed by atoms with Gasteiger partial charge < -0.3 is 0 Å². The van der Waals surface area contributed by atoms with Crippen molar-refractivity contribution < 1.29 is 9.53 Å². The van der Waals surface area contributed by atoms with E-state index in [4.69, 9.17) is 4.74 Å². The Morgan fingerprint density at radius 3 is 2.29 bits per heavy atom. The first kappa shape index (κ1) is 14.3. The number of hydrogen-bond acceptors (Lipinski definition) is 2. The molecule has 1 rings (SSSR count). The Kier molecular flexibility index (Phi) is 5.25. The van der Waals surface area contributed by atoms with Crippen molar-refractivity contribution in [3.63, 3.8) is 0 Å². The van der Waals surface area contributed by atoms with Crippen molar-refractivity contribution >= 4 is 27.9 Å². The van der Waals surface area contributed by atoms with Gasteiger partial charge in [0.1, 0.15) is 0 Å². The molecule has 3 heteroatoms. The molecule has 0 amide bonds. The number of rotatable bonds is 4. The van der Waals surface area contributed by atoms with E-state index in [2.05, 4.69) is 27.0 Å². The van der Waals surface area contributed by atoms with Crippen LogP contribution in [0, 0.1) is 0 Å².